The molecule has 0 atom stereocenters. The standard InChI is InChI=1S/C25H38/c1-9-22(19-20(4)5)18-17-21(6)25(10-2,11-3)24(7,8)23-15-13-12-14-16-23/h9,12-18,20H,1,10-11,19H2,2-8H3/b21-17+,22-18+. The average Bonchev–Trinajstić information content (AvgIpc) is 2.60. The summed E-state index contributed by atoms with van der Waals surface area (Å²) in [5.74, 6) is 0.654. The molecule has 0 spiro atoms. The van der Waals surface area contributed by atoms with Crippen LogP contribution in [0.3, 0.4) is 0 Å². The highest BCUT2D eigenvalue weighted by Gasteiger charge is 2.44. The third-order valence-electron chi connectivity index (χ3n) is 6.11. The van der Waals surface area contributed by atoms with Crippen LogP contribution in [0.2, 0.25) is 0 Å². The molecule has 0 aromatic heterocycles. The lowest BCUT2D eigenvalue weighted by molar-refractivity contribution is 0.177. The van der Waals surface area contributed by atoms with Gasteiger partial charge in [-0.1, -0.05) is 102 Å². The predicted molar refractivity (Wildman–Crippen MR) is 114 cm³/mol. The van der Waals surface area contributed by atoms with Crippen LogP contribution in [-0.4, -0.2) is 0 Å². The number of hydrogen-bond donors (Lipinski definition) is 0. The van der Waals surface area contributed by atoms with Crippen molar-refractivity contribution < 1.29 is 0 Å². The summed E-state index contributed by atoms with van der Waals surface area (Å²) in [5.41, 5.74) is 4.44. The molecule has 0 fully saturated rings. The Kier molecular flexibility index (Phi) is 7.93. The van der Waals surface area contributed by atoms with Gasteiger partial charge >= 0.3 is 0 Å². The zero-order valence-corrected chi connectivity index (χ0v) is 17.5. The Labute approximate surface area is 156 Å². The summed E-state index contributed by atoms with van der Waals surface area (Å²) in [6.45, 7) is 20.3. The third-order valence-corrected chi connectivity index (χ3v) is 6.11. The largest absolute Gasteiger partial charge is 0.0988 e. The maximum Gasteiger partial charge on any atom is -0.000148 e. The van der Waals surface area contributed by atoms with E-state index in [0.717, 1.165) is 19.3 Å². The van der Waals surface area contributed by atoms with Crippen LogP contribution in [0.5, 0.6) is 0 Å². The van der Waals surface area contributed by atoms with Gasteiger partial charge in [-0.2, -0.15) is 0 Å². The zero-order chi connectivity index (χ0) is 19.1. The predicted octanol–water partition coefficient (Wildman–Crippen LogP) is 7.88. The molecule has 0 bridgehead atoms. The van der Waals surface area contributed by atoms with Crippen molar-refractivity contribution in [1.82, 2.24) is 0 Å². The summed E-state index contributed by atoms with van der Waals surface area (Å²) in [4.78, 5) is 0. The lowest BCUT2D eigenvalue weighted by atomic mass is 9.56. The Morgan fingerprint density at radius 1 is 1.04 bits per heavy atom. The summed E-state index contributed by atoms with van der Waals surface area (Å²) in [5, 5.41) is 0. The van der Waals surface area contributed by atoms with Crippen molar-refractivity contribution in [1.29, 1.82) is 0 Å². The van der Waals surface area contributed by atoms with Gasteiger partial charge in [0.1, 0.15) is 0 Å². The molecule has 0 unspecified atom stereocenters. The van der Waals surface area contributed by atoms with E-state index in [1.54, 1.807) is 0 Å². The summed E-state index contributed by atoms with van der Waals surface area (Å²) < 4.78 is 0. The second-order valence-electron chi connectivity index (χ2n) is 8.17. The highest BCUT2D eigenvalue weighted by molar-refractivity contribution is 5.35. The van der Waals surface area contributed by atoms with Gasteiger partial charge in [-0.25, -0.2) is 0 Å². The molecule has 0 aliphatic rings. The van der Waals surface area contributed by atoms with Gasteiger partial charge in [0.15, 0.2) is 0 Å². The summed E-state index contributed by atoms with van der Waals surface area (Å²) >= 11 is 0. The average molecular weight is 339 g/mol. The van der Waals surface area contributed by atoms with E-state index in [1.807, 2.05) is 6.08 Å². The number of rotatable bonds is 9. The Balaban J connectivity index is 3.35. The minimum absolute atomic E-state index is 0.0819. The van der Waals surface area contributed by atoms with Gasteiger partial charge in [0.05, 0.1) is 0 Å². The second-order valence-corrected chi connectivity index (χ2v) is 8.17. The maximum atomic E-state index is 3.99. The Bertz CT molecular complexity index is 592. The molecule has 1 aromatic rings. The van der Waals surface area contributed by atoms with Crippen LogP contribution < -0.4 is 0 Å². The molecule has 0 saturated heterocycles. The van der Waals surface area contributed by atoms with Gasteiger partial charge in [0.2, 0.25) is 0 Å². The van der Waals surface area contributed by atoms with Crippen molar-refractivity contribution in [3.8, 4) is 0 Å². The molecule has 25 heavy (non-hydrogen) atoms. The first-order valence-electron chi connectivity index (χ1n) is 9.81. The molecule has 0 N–H and O–H groups in total. The van der Waals surface area contributed by atoms with Gasteiger partial charge in [-0.3, -0.25) is 0 Å². The molecule has 0 amide bonds. The molecule has 138 valence electrons. The van der Waals surface area contributed by atoms with Gasteiger partial charge in [0, 0.05) is 0 Å². The van der Waals surface area contributed by atoms with Crippen LogP contribution in [0, 0.1) is 11.3 Å². The van der Waals surface area contributed by atoms with Crippen LogP contribution in [0.4, 0.5) is 0 Å². The van der Waals surface area contributed by atoms with E-state index in [0.29, 0.717) is 5.92 Å². The van der Waals surface area contributed by atoms with Crippen molar-refractivity contribution >= 4 is 0 Å². The molecule has 1 aromatic carbocycles. The van der Waals surface area contributed by atoms with Crippen LogP contribution in [0.1, 0.15) is 73.3 Å². The van der Waals surface area contributed by atoms with Crippen LogP contribution >= 0.6 is 0 Å². The van der Waals surface area contributed by atoms with Crippen molar-refractivity contribution in [2.24, 2.45) is 11.3 Å². The lowest BCUT2D eigenvalue weighted by Gasteiger charge is -2.48. The molecule has 0 heterocycles. The number of benzene rings is 1. The molecule has 0 heteroatoms. The van der Waals surface area contributed by atoms with Crippen molar-refractivity contribution in [2.75, 3.05) is 0 Å². The van der Waals surface area contributed by atoms with Gasteiger partial charge < -0.3 is 0 Å². The Morgan fingerprint density at radius 3 is 2.04 bits per heavy atom. The Morgan fingerprint density at radius 2 is 1.60 bits per heavy atom. The molecule has 0 aliphatic heterocycles. The first-order valence-corrected chi connectivity index (χ1v) is 9.81. The number of hydrogen-bond acceptors (Lipinski definition) is 0. The molecule has 0 nitrogen and oxygen atoms in total. The van der Waals surface area contributed by atoms with Crippen molar-refractivity contribution in [2.45, 2.75) is 73.1 Å². The Hall–Kier alpha value is -1.56. The molecule has 0 radical (unpaired) electrons. The maximum absolute atomic E-state index is 3.99. The molecule has 0 aliphatic carbocycles. The van der Waals surface area contributed by atoms with Gasteiger partial charge in [-0.05, 0) is 54.1 Å². The highest BCUT2D eigenvalue weighted by atomic mass is 14.5. The topological polar surface area (TPSA) is 0 Å². The van der Waals surface area contributed by atoms with Gasteiger partial charge in [-0.15, -0.1) is 0 Å². The van der Waals surface area contributed by atoms with E-state index in [1.165, 1.54) is 16.7 Å². The summed E-state index contributed by atoms with van der Waals surface area (Å²) in [7, 11) is 0. The quantitative estimate of drug-likeness (QED) is 0.402. The fraction of sp³-hybridized carbons (Fsp3) is 0.520. The zero-order valence-electron chi connectivity index (χ0n) is 17.5. The minimum atomic E-state index is 0.0819. The minimum Gasteiger partial charge on any atom is -0.0988 e. The van der Waals surface area contributed by atoms with Crippen LogP contribution in [-0.2, 0) is 5.41 Å². The first-order chi connectivity index (χ1) is 11.7. The van der Waals surface area contributed by atoms with E-state index in [9.17, 15) is 0 Å². The van der Waals surface area contributed by atoms with Crippen LogP contribution in [0.15, 0.2) is 66.3 Å². The fourth-order valence-electron chi connectivity index (χ4n) is 4.40. The van der Waals surface area contributed by atoms with E-state index < -0.39 is 0 Å². The summed E-state index contributed by atoms with van der Waals surface area (Å²) in [6, 6.07) is 11.0. The normalized spacial score (nSPS) is 14.1. The smallest absolute Gasteiger partial charge is 0.000148 e. The molecular formula is C25H38. The monoisotopic (exact) mass is 338 g/mol. The number of allylic oxidation sites excluding steroid dienone is 5. The van der Waals surface area contributed by atoms with E-state index in [-0.39, 0.29) is 10.8 Å². The first kappa shape index (κ1) is 21.5. The van der Waals surface area contributed by atoms with Gasteiger partial charge in [0.25, 0.3) is 0 Å². The molecule has 1 rings (SSSR count). The van der Waals surface area contributed by atoms with Crippen molar-refractivity contribution in [3.05, 3.63) is 71.8 Å². The fourth-order valence-corrected chi connectivity index (χ4v) is 4.40. The SMILES string of the molecule is C=C/C(=C\C=C(/C)C(CC)(CC)C(C)(C)c1ccccc1)CC(C)C. The summed E-state index contributed by atoms with van der Waals surface area (Å²) in [6.07, 6.45) is 9.98. The second kappa shape index (κ2) is 9.22. The van der Waals surface area contributed by atoms with E-state index in [2.05, 4.69) is 97.5 Å². The highest BCUT2D eigenvalue weighted by Crippen LogP contribution is 2.51. The van der Waals surface area contributed by atoms with Crippen molar-refractivity contribution in [3.63, 3.8) is 0 Å². The third kappa shape index (κ3) is 4.75. The molecular weight excluding hydrogens is 300 g/mol. The molecule has 0 saturated carbocycles. The van der Waals surface area contributed by atoms with E-state index in [4.69, 9.17) is 0 Å². The van der Waals surface area contributed by atoms with Crippen LogP contribution in [0.25, 0.3) is 0 Å². The van der Waals surface area contributed by atoms with E-state index >= 15 is 0 Å². The lowest BCUT2D eigenvalue weighted by Crippen LogP contribution is -2.41.